The lowest BCUT2D eigenvalue weighted by atomic mass is 10.2. The second kappa shape index (κ2) is 4.68. The van der Waals surface area contributed by atoms with E-state index in [2.05, 4.69) is 26.1 Å². The lowest BCUT2D eigenvalue weighted by Gasteiger charge is -2.02. The summed E-state index contributed by atoms with van der Waals surface area (Å²) >= 11 is 3.08. The first-order valence-corrected chi connectivity index (χ1v) is 6.39. The molecule has 0 aliphatic carbocycles. The van der Waals surface area contributed by atoms with Gasteiger partial charge in [-0.3, -0.25) is 4.40 Å². The molecule has 0 radical (unpaired) electrons. The number of carboxylic acid groups (broad SMARTS) is 1. The Labute approximate surface area is 120 Å². The molecule has 2 aromatic heterocycles. The van der Waals surface area contributed by atoms with Crippen LogP contribution in [0.25, 0.3) is 17.0 Å². The van der Waals surface area contributed by atoms with Crippen LogP contribution in [0.1, 0.15) is 10.4 Å². The Morgan fingerprint density at radius 2 is 2.05 bits per heavy atom. The molecule has 2 heterocycles. The van der Waals surface area contributed by atoms with Gasteiger partial charge in [-0.05, 0) is 46.3 Å². The van der Waals surface area contributed by atoms with Crippen molar-refractivity contribution in [1.82, 2.24) is 14.6 Å². The summed E-state index contributed by atoms with van der Waals surface area (Å²) in [7, 11) is 0. The molecule has 1 N–H and O–H groups in total. The molecule has 0 saturated heterocycles. The molecule has 0 amide bonds. The van der Waals surface area contributed by atoms with Crippen LogP contribution < -0.4 is 0 Å². The normalized spacial score (nSPS) is 10.9. The van der Waals surface area contributed by atoms with Gasteiger partial charge in [0.2, 0.25) is 0 Å². The summed E-state index contributed by atoms with van der Waals surface area (Å²) in [4.78, 5) is 11.0. The molecule has 0 unspecified atom stereocenters. The molecule has 0 aliphatic rings. The first kappa shape index (κ1) is 12.7. The maximum absolute atomic E-state index is 13.6. The smallest absolute Gasteiger partial charge is 0.337 e. The van der Waals surface area contributed by atoms with Crippen LogP contribution in [0.4, 0.5) is 4.39 Å². The van der Waals surface area contributed by atoms with E-state index < -0.39 is 11.8 Å². The molecule has 0 spiro atoms. The third kappa shape index (κ3) is 2.05. The maximum Gasteiger partial charge on any atom is 0.337 e. The minimum absolute atomic E-state index is 0.108. The Kier molecular flexibility index (Phi) is 2.98. The van der Waals surface area contributed by atoms with E-state index in [0.29, 0.717) is 21.5 Å². The van der Waals surface area contributed by atoms with Crippen LogP contribution in [0.3, 0.4) is 0 Å². The van der Waals surface area contributed by atoms with E-state index in [-0.39, 0.29) is 5.56 Å². The summed E-state index contributed by atoms with van der Waals surface area (Å²) in [5, 5.41) is 16.9. The van der Waals surface area contributed by atoms with E-state index in [9.17, 15) is 9.18 Å². The zero-order chi connectivity index (χ0) is 14.3. The Balaban J connectivity index is 2.22. The van der Waals surface area contributed by atoms with Crippen molar-refractivity contribution in [2.75, 3.05) is 0 Å². The number of nitrogens with zero attached hydrogens (tertiary/aromatic N) is 3. The molecule has 3 rings (SSSR count). The Hall–Kier alpha value is -2.28. The quantitative estimate of drug-likeness (QED) is 0.781. The van der Waals surface area contributed by atoms with Crippen LogP contribution in [-0.2, 0) is 0 Å². The second-order valence-electron chi connectivity index (χ2n) is 4.10. The van der Waals surface area contributed by atoms with Crippen molar-refractivity contribution in [3.8, 4) is 11.4 Å². The zero-order valence-corrected chi connectivity index (χ0v) is 11.5. The lowest BCUT2D eigenvalue weighted by molar-refractivity contribution is 0.0696. The average molecular weight is 336 g/mol. The summed E-state index contributed by atoms with van der Waals surface area (Å²) < 4.78 is 15.4. The molecule has 0 atom stereocenters. The molecule has 5 nitrogen and oxygen atoms in total. The highest BCUT2D eigenvalue weighted by molar-refractivity contribution is 9.10. The lowest BCUT2D eigenvalue weighted by Crippen LogP contribution is -1.99. The van der Waals surface area contributed by atoms with Gasteiger partial charge in [0.15, 0.2) is 11.5 Å². The predicted octanol–water partition coefficient (Wildman–Crippen LogP) is 3.00. The Morgan fingerprint density at radius 3 is 2.75 bits per heavy atom. The van der Waals surface area contributed by atoms with Crippen molar-refractivity contribution >= 4 is 27.5 Å². The molecule has 0 aliphatic heterocycles. The zero-order valence-electron chi connectivity index (χ0n) is 9.92. The molecule has 20 heavy (non-hydrogen) atoms. The van der Waals surface area contributed by atoms with Gasteiger partial charge in [0.25, 0.3) is 0 Å². The van der Waals surface area contributed by atoms with Gasteiger partial charge < -0.3 is 5.11 Å². The van der Waals surface area contributed by atoms with Crippen LogP contribution in [0.2, 0.25) is 0 Å². The van der Waals surface area contributed by atoms with Crippen LogP contribution in [0.5, 0.6) is 0 Å². The number of fused-ring (bicyclic) bond motifs is 1. The number of rotatable bonds is 2. The highest BCUT2D eigenvalue weighted by Crippen LogP contribution is 2.24. The van der Waals surface area contributed by atoms with E-state index in [0.717, 1.165) is 0 Å². The molecule has 1 aromatic carbocycles. The van der Waals surface area contributed by atoms with Gasteiger partial charge in [-0.1, -0.05) is 0 Å². The minimum Gasteiger partial charge on any atom is -0.478 e. The highest BCUT2D eigenvalue weighted by atomic mass is 79.9. The van der Waals surface area contributed by atoms with E-state index in [4.69, 9.17) is 5.11 Å². The molecular weight excluding hydrogens is 329 g/mol. The fourth-order valence-corrected chi connectivity index (χ4v) is 2.10. The number of hydrogen-bond acceptors (Lipinski definition) is 3. The molecule has 100 valence electrons. The van der Waals surface area contributed by atoms with Gasteiger partial charge in [-0.25, -0.2) is 9.18 Å². The number of carboxylic acids is 1. The summed E-state index contributed by atoms with van der Waals surface area (Å²) in [6.07, 6.45) is 1.41. The van der Waals surface area contributed by atoms with Crippen molar-refractivity contribution in [3.05, 3.63) is 52.4 Å². The molecular formula is C13H7BrFN3O2. The van der Waals surface area contributed by atoms with Gasteiger partial charge in [-0.15, -0.1) is 10.2 Å². The van der Waals surface area contributed by atoms with Gasteiger partial charge in [0.1, 0.15) is 5.82 Å². The van der Waals surface area contributed by atoms with Gasteiger partial charge >= 0.3 is 5.97 Å². The van der Waals surface area contributed by atoms with E-state index >= 15 is 0 Å². The van der Waals surface area contributed by atoms with Crippen LogP contribution >= 0.6 is 15.9 Å². The largest absolute Gasteiger partial charge is 0.478 e. The number of pyridine rings is 1. The molecule has 3 aromatic rings. The van der Waals surface area contributed by atoms with E-state index in [1.54, 1.807) is 18.2 Å². The molecule has 0 saturated carbocycles. The molecule has 7 heteroatoms. The standard InChI is InChI=1S/C13H7BrFN3O2/c14-9-3-1-7(5-10(9)15)12-17-16-11-4-2-8(13(19)20)6-18(11)12/h1-6H,(H,19,20). The van der Waals surface area contributed by atoms with E-state index in [1.807, 2.05) is 0 Å². The third-order valence-corrected chi connectivity index (χ3v) is 3.47. The summed E-state index contributed by atoms with van der Waals surface area (Å²) in [5.74, 6) is -1.09. The van der Waals surface area contributed by atoms with Gasteiger partial charge in [0.05, 0.1) is 10.0 Å². The van der Waals surface area contributed by atoms with Crippen molar-refractivity contribution in [3.63, 3.8) is 0 Å². The number of halogens is 2. The maximum atomic E-state index is 13.6. The second-order valence-corrected chi connectivity index (χ2v) is 4.96. The fraction of sp³-hybridized carbons (Fsp3) is 0. The summed E-state index contributed by atoms with van der Waals surface area (Å²) in [6, 6.07) is 7.55. The highest BCUT2D eigenvalue weighted by Gasteiger charge is 2.12. The predicted molar refractivity (Wildman–Crippen MR) is 73.0 cm³/mol. The third-order valence-electron chi connectivity index (χ3n) is 2.83. The topological polar surface area (TPSA) is 67.5 Å². The van der Waals surface area contributed by atoms with Crippen molar-refractivity contribution in [2.24, 2.45) is 0 Å². The molecule has 0 bridgehead atoms. The minimum atomic E-state index is -1.05. The van der Waals surface area contributed by atoms with Crippen LogP contribution in [0, 0.1) is 5.82 Å². The first-order chi connectivity index (χ1) is 9.56. The molecule has 0 fully saturated rings. The Morgan fingerprint density at radius 1 is 1.25 bits per heavy atom. The summed E-state index contributed by atoms with van der Waals surface area (Å²) in [5.41, 5.74) is 1.12. The average Bonchev–Trinajstić information content (AvgIpc) is 2.84. The SMILES string of the molecule is O=C(O)c1ccc2nnc(-c3ccc(Br)c(F)c3)n2c1. The van der Waals surface area contributed by atoms with Crippen LogP contribution in [-0.4, -0.2) is 25.7 Å². The first-order valence-electron chi connectivity index (χ1n) is 5.60. The fourth-order valence-electron chi connectivity index (χ4n) is 1.85. The van der Waals surface area contributed by atoms with Gasteiger partial charge in [0, 0.05) is 11.8 Å². The van der Waals surface area contributed by atoms with Crippen LogP contribution in [0.15, 0.2) is 41.0 Å². The van der Waals surface area contributed by atoms with Crippen molar-refractivity contribution < 1.29 is 14.3 Å². The number of carbonyl (C=O) groups is 1. The summed E-state index contributed by atoms with van der Waals surface area (Å²) in [6.45, 7) is 0. The monoisotopic (exact) mass is 335 g/mol. The Bertz CT molecular complexity index is 832. The van der Waals surface area contributed by atoms with Crippen molar-refractivity contribution in [1.29, 1.82) is 0 Å². The number of aromatic carboxylic acids is 1. The van der Waals surface area contributed by atoms with Gasteiger partial charge in [-0.2, -0.15) is 0 Å². The number of hydrogen-bond donors (Lipinski definition) is 1. The van der Waals surface area contributed by atoms with E-state index in [1.165, 1.54) is 22.7 Å². The number of benzene rings is 1. The van der Waals surface area contributed by atoms with Crippen molar-refractivity contribution in [2.45, 2.75) is 0 Å². The number of aromatic nitrogens is 3.